The molecule has 1 saturated heterocycles. The van der Waals surface area contributed by atoms with Crippen LogP contribution in [0.4, 0.5) is 5.95 Å². The van der Waals surface area contributed by atoms with Crippen LogP contribution < -0.4 is 10.2 Å². The van der Waals surface area contributed by atoms with Crippen molar-refractivity contribution >= 4 is 33.3 Å². The number of morpholine rings is 1. The van der Waals surface area contributed by atoms with Gasteiger partial charge in [0.1, 0.15) is 6.10 Å². The molecule has 3 aromatic rings. The maximum atomic E-state index is 12.7. The van der Waals surface area contributed by atoms with Crippen LogP contribution in [0.2, 0.25) is 0 Å². The number of fused-ring (bicyclic) bond motifs is 1. The van der Waals surface area contributed by atoms with E-state index >= 15 is 0 Å². The fourth-order valence-corrected chi connectivity index (χ4v) is 4.43. The summed E-state index contributed by atoms with van der Waals surface area (Å²) in [6.07, 6.45) is 3.19. The third-order valence-electron chi connectivity index (χ3n) is 4.46. The van der Waals surface area contributed by atoms with Crippen LogP contribution >= 0.6 is 11.3 Å². The van der Waals surface area contributed by atoms with Gasteiger partial charge in [0, 0.05) is 35.7 Å². The number of ether oxygens (including phenoxy) is 1. The lowest BCUT2D eigenvalue weighted by molar-refractivity contribution is 0.0396. The number of aliphatic hydroxyl groups excluding tert-OH is 1. The third kappa shape index (κ3) is 3.64. The SMILES string of the molecule is O=C(NCCO)c1sc2ccccc2c1[C@@H]1CN(c2ncccn2)CCO1. The Morgan fingerprint density at radius 3 is 2.93 bits per heavy atom. The second kappa shape index (κ2) is 7.99. The molecule has 0 saturated carbocycles. The van der Waals surface area contributed by atoms with Gasteiger partial charge < -0.3 is 20.1 Å². The van der Waals surface area contributed by atoms with E-state index in [0.717, 1.165) is 15.6 Å². The predicted octanol–water partition coefficient (Wildman–Crippen LogP) is 1.99. The molecule has 27 heavy (non-hydrogen) atoms. The average molecular weight is 384 g/mol. The minimum atomic E-state index is -0.256. The van der Waals surface area contributed by atoms with Crippen LogP contribution in [0.25, 0.3) is 10.1 Å². The average Bonchev–Trinajstić information content (AvgIpc) is 3.12. The molecular weight excluding hydrogens is 364 g/mol. The number of aliphatic hydroxyl groups is 1. The Morgan fingerprint density at radius 1 is 1.30 bits per heavy atom. The monoisotopic (exact) mass is 384 g/mol. The minimum Gasteiger partial charge on any atom is -0.395 e. The lowest BCUT2D eigenvalue weighted by Gasteiger charge is -2.33. The molecule has 0 spiro atoms. The first-order valence-corrected chi connectivity index (χ1v) is 9.63. The molecule has 0 aliphatic carbocycles. The summed E-state index contributed by atoms with van der Waals surface area (Å²) in [6, 6.07) is 9.74. The number of thiophene rings is 1. The molecule has 7 nitrogen and oxygen atoms in total. The van der Waals surface area contributed by atoms with Gasteiger partial charge in [0.2, 0.25) is 5.95 Å². The fraction of sp³-hybridized carbons (Fsp3) is 0.316. The Labute approximate surface area is 160 Å². The normalized spacial score (nSPS) is 17.2. The maximum absolute atomic E-state index is 12.7. The Balaban J connectivity index is 1.70. The largest absolute Gasteiger partial charge is 0.395 e. The summed E-state index contributed by atoms with van der Waals surface area (Å²) in [5, 5.41) is 12.8. The molecule has 1 amide bonds. The Morgan fingerprint density at radius 2 is 2.11 bits per heavy atom. The lowest BCUT2D eigenvalue weighted by atomic mass is 10.0. The lowest BCUT2D eigenvalue weighted by Crippen LogP contribution is -2.40. The van der Waals surface area contributed by atoms with Crippen LogP contribution in [0, 0.1) is 0 Å². The van der Waals surface area contributed by atoms with Crippen LogP contribution in [0.5, 0.6) is 0 Å². The molecule has 140 valence electrons. The summed E-state index contributed by atoms with van der Waals surface area (Å²) < 4.78 is 7.10. The molecule has 2 N–H and O–H groups in total. The number of benzene rings is 1. The van der Waals surface area contributed by atoms with Crippen molar-refractivity contribution < 1.29 is 14.6 Å². The van der Waals surface area contributed by atoms with Gasteiger partial charge in [-0.05, 0) is 17.5 Å². The molecule has 4 rings (SSSR count). The molecule has 8 heteroatoms. The highest BCUT2D eigenvalue weighted by molar-refractivity contribution is 7.21. The van der Waals surface area contributed by atoms with Crippen molar-refractivity contribution in [2.24, 2.45) is 0 Å². The molecule has 0 bridgehead atoms. The summed E-state index contributed by atoms with van der Waals surface area (Å²) in [6.45, 7) is 1.94. The number of aromatic nitrogens is 2. The highest BCUT2D eigenvalue weighted by Crippen LogP contribution is 2.38. The zero-order valence-electron chi connectivity index (χ0n) is 14.7. The molecule has 0 unspecified atom stereocenters. The van der Waals surface area contributed by atoms with Gasteiger partial charge in [0.15, 0.2) is 0 Å². The first-order chi connectivity index (χ1) is 13.3. The molecule has 1 atom stereocenters. The summed E-state index contributed by atoms with van der Waals surface area (Å²) in [7, 11) is 0. The molecule has 2 aromatic heterocycles. The molecule has 1 aromatic carbocycles. The first kappa shape index (κ1) is 17.8. The van der Waals surface area contributed by atoms with E-state index in [4.69, 9.17) is 9.84 Å². The number of amides is 1. The number of anilines is 1. The number of hydrogen-bond acceptors (Lipinski definition) is 7. The molecule has 1 fully saturated rings. The first-order valence-electron chi connectivity index (χ1n) is 8.82. The van der Waals surface area contributed by atoms with Crippen molar-refractivity contribution in [2.45, 2.75) is 6.10 Å². The topological polar surface area (TPSA) is 87.6 Å². The quantitative estimate of drug-likeness (QED) is 0.700. The Hall–Kier alpha value is -2.55. The highest BCUT2D eigenvalue weighted by Gasteiger charge is 2.30. The second-order valence-electron chi connectivity index (χ2n) is 6.17. The van der Waals surface area contributed by atoms with E-state index in [9.17, 15) is 4.79 Å². The minimum absolute atomic E-state index is 0.0922. The van der Waals surface area contributed by atoms with Crippen molar-refractivity contribution in [3.8, 4) is 0 Å². The van der Waals surface area contributed by atoms with Gasteiger partial charge in [-0.2, -0.15) is 0 Å². The maximum Gasteiger partial charge on any atom is 0.261 e. The highest BCUT2D eigenvalue weighted by atomic mass is 32.1. The summed E-state index contributed by atoms with van der Waals surface area (Å²) in [5.41, 5.74) is 0.895. The number of hydrogen-bond donors (Lipinski definition) is 2. The smallest absolute Gasteiger partial charge is 0.261 e. The van der Waals surface area contributed by atoms with Crippen molar-refractivity contribution in [1.82, 2.24) is 15.3 Å². The summed E-state index contributed by atoms with van der Waals surface area (Å²) in [5.74, 6) is 0.480. The number of nitrogens with one attached hydrogen (secondary N) is 1. The van der Waals surface area contributed by atoms with Gasteiger partial charge in [-0.15, -0.1) is 11.3 Å². The van der Waals surface area contributed by atoms with E-state index in [1.807, 2.05) is 24.3 Å². The van der Waals surface area contributed by atoms with Crippen LogP contribution in [0.15, 0.2) is 42.7 Å². The standard InChI is InChI=1S/C19H20N4O3S/c24-10-8-20-18(25)17-16(13-4-1-2-5-15(13)27-17)14-12-23(9-11-26-14)19-21-6-3-7-22-19/h1-7,14,24H,8-12H2,(H,20,25)/t14-/m0/s1. The van der Waals surface area contributed by atoms with Gasteiger partial charge in [0.25, 0.3) is 5.91 Å². The van der Waals surface area contributed by atoms with Gasteiger partial charge in [-0.1, -0.05) is 18.2 Å². The molecule has 1 aliphatic rings. The predicted molar refractivity (Wildman–Crippen MR) is 104 cm³/mol. The zero-order chi connectivity index (χ0) is 18.6. The van der Waals surface area contributed by atoms with E-state index in [0.29, 0.717) is 30.5 Å². The summed E-state index contributed by atoms with van der Waals surface area (Å²) >= 11 is 1.45. The molecule has 3 heterocycles. The second-order valence-corrected chi connectivity index (χ2v) is 7.23. The molecule has 0 radical (unpaired) electrons. The van der Waals surface area contributed by atoms with Crippen molar-refractivity contribution in [3.63, 3.8) is 0 Å². The van der Waals surface area contributed by atoms with Gasteiger partial charge in [0.05, 0.1) is 24.6 Å². The van der Waals surface area contributed by atoms with Crippen LogP contribution in [0.3, 0.4) is 0 Å². The number of carbonyl (C=O) groups is 1. The van der Waals surface area contributed by atoms with Gasteiger partial charge in [-0.25, -0.2) is 9.97 Å². The third-order valence-corrected chi connectivity index (χ3v) is 5.65. The fourth-order valence-electron chi connectivity index (χ4n) is 3.26. The summed E-state index contributed by atoms with van der Waals surface area (Å²) in [4.78, 5) is 24.1. The van der Waals surface area contributed by atoms with Crippen molar-refractivity contribution in [2.75, 3.05) is 37.7 Å². The van der Waals surface area contributed by atoms with E-state index < -0.39 is 0 Å². The Kier molecular flexibility index (Phi) is 5.28. The molecular formula is C19H20N4O3S. The van der Waals surface area contributed by atoms with Crippen LogP contribution in [0.1, 0.15) is 21.3 Å². The Bertz CT molecular complexity index is 931. The van der Waals surface area contributed by atoms with E-state index in [1.165, 1.54) is 11.3 Å². The van der Waals surface area contributed by atoms with Crippen LogP contribution in [-0.4, -0.2) is 53.8 Å². The number of carbonyl (C=O) groups excluding carboxylic acids is 1. The van der Waals surface area contributed by atoms with Gasteiger partial charge >= 0.3 is 0 Å². The van der Waals surface area contributed by atoms with Gasteiger partial charge in [-0.3, -0.25) is 4.79 Å². The van der Waals surface area contributed by atoms with Crippen molar-refractivity contribution in [3.05, 3.63) is 53.2 Å². The van der Waals surface area contributed by atoms with Crippen LogP contribution in [-0.2, 0) is 4.74 Å². The number of nitrogens with zero attached hydrogens (tertiary/aromatic N) is 3. The van der Waals surface area contributed by atoms with E-state index in [1.54, 1.807) is 18.5 Å². The van der Waals surface area contributed by atoms with Crippen molar-refractivity contribution in [1.29, 1.82) is 0 Å². The molecule has 1 aliphatic heterocycles. The van der Waals surface area contributed by atoms with E-state index in [2.05, 4.69) is 20.2 Å². The van der Waals surface area contributed by atoms with E-state index in [-0.39, 0.29) is 25.2 Å². The number of rotatable bonds is 5. The zero-order valence-corrected chi connectivity index (χ0v) is 15.5.